The molecule has 4 nitrogen and oxygen atoms in total. The van der Waals surface area contributed by atoms with E-state index in [4.69, 9.17) is 9.47 Å². The molecule has 9 aromatic carbocycles. The number of hydrogen-bond acceptors (Lipinski definition) is 3. The Morgan fingerprint density at radius 3 is 1.43 bits per heavy atom. The van der Waals surface area contributed by atoms with Crippen LogP contribution < -0.4 is 14.4 Å². The monoisotopic (exact) mass is 722 g/mol. The summed E-state index contributed by atoms with van der Waals surface area (Å²) in [5.74, 6) is 1.67. The number of nitrogens with zero attached hydrogens (tertiary/aromatic N) is 2. The van der Waals surface area contributed by atoms with Gasteiger partial charge in [0, 0.05) is 33.5 Å². The first-order valence-electron chi connectivity index (χ1n) is 18.9. The van der Waals surface area contributed by atoms with Crippen molar-refractivity contribution in [3.8, 4) is 39.4 Å². The van der Waals surface area contributed by atoms with Crippen molar-refractivity contribution < 1.29 is 9.47 Å². The summed E-state index contributed by atoms with van der Waals surface area (Å²) in [6, 6.07) is 69.5. The molecular weight excluding hydrogens is 685 g/mol. The number of fused-ring (bicyclic) bond motifs is 5. The Bertz CT molecular complexity index is 3020. The first-order chi connectivity index (χ1) is 27.7. The first-order valence-corrected chi connectivity index (χ1v) is 18.9. The van der Waals surface area contributed by atoms with Gasteiger partial charge in [0.25, 0.3) is 0 Å². The Hall–Kier alpha value is -7.30. The van der Waals surface area contributed by atoms with Crippen molar-refractivity contribution in [2.24, 2.45) is 0 Å². The van der Waals surface area contributed by atoms with Crippen molar-refractivity contribution in [3.63, 3.8) is 0 Å². The van der Waals surface area contributed by atoms with Gasteiger partial charge in [0.15, 0.2) is 0 Å². The molecule has 1 aromatic heterocycles. The second-order valence-corrected chi connectivity index (χ2v) is 14.0. The van der Waals surface area contributed by atoms with E-state index in [1.807, 2.05) is 12.1 Å². The van der Waals surface area contributed by atoms with Crippen molar-refractivity contribution in [1.82, 2.24) is 4.57 Å². The third-order valence-corrected chi connectivity index (χ3v) is 11.0. The van der Waals surface area contributed by atoms with Crippen molar-refractivity contribution in [2.45, 2.75) is 0 Å². The molecule has 0 unspecified atom stereocenters. The predicted octanol–water partition coefficient (Wildman–Crippen LogP) is 13.9. The lowest BCUT2D eigenvalue weighted by atomic mass is 9.85. The quantitative estimate of drug-likeness (QED) is 0.146. The molecule has 0 aliphatic heterocycles. The number of aromatic nitrogens is 1. The van der Waals surface area contributed by atoms with Crippen LogP contribution in [-0.4, -0.2) is 18.8 Å². The van der Waals surface area contributed by atoms with E-state index in [9.17, 15) is 0 Å². The first kappa shape index (κ1) is 33.3. The van der Waals surface area contributed by atoms with Gasteiger partial charge >= 0.3 is 0 Å². The SMILES string of the molecule is COc1ccc(-c2c3ccccc3c(-c3ccc(OC)cc3)c3cc(N(c4ccccc4)c4ccc5c(c4)c4ccccc4n5-c4ccccc4)ccc23)cc1. The summed E-state index contributed by atoms with van der Waals surface area (Å²) in [7, 11) is 3.42. The van der Waals surface area contributed by atoms with Gasteiger partial charge in [0.2, 0.25) is 0 Å². The molecule has 10 aromatic rings. The smallest absolute Gasteiger partial charge is 0.118 e. The lowest BCUT2D eigenvalue weighted by Gasteiger charge is -2.27. The Morgan fingerprint density at radius 1 is 0.357 bits per heavy atom. The maximum Gasteiger partial charge on any atom is 0.118 e. The third kappa shape index (κ3) is 5.54. The number of ether oxygens (including phenoxy) is 2. The number of benzene rings is 9. The van der Waals surface area contributed by atoms with E-state index in [-0.39, 0.29) is 0 Å². The van der Waals surface area contributed by atoms with Crippen molar-refractivity contribution in [3.05, 3.63) is 194 Å². The molecule has 0 saturated heterocycles. The van der Waals surface area contributed by atoms with Crippen LogP contribution in [0, 0.1) is 0 Å². The number of hydrogen-bond donors (Lipinski definition) is 0. The zero-order valence-electron chi connectivity index (χ0n) is 31.2. The standard InChI is InChI=1S/C52H38N2O2/c1-55-41-27-21-35(22-28-41)51-44-18-9-10-19-45(44)52(36-23-29-42(56-2)30-24-36)48-34-39(25-31-46(48)51)53(37-13-5-3-6-14-37)40-26-32-50-47(33-40)43-17-11-12-20-49(43)54(50)38-15-7-4-8-16-38/h3-34H,1-2H3. The lowest BCUT2D eigenvalue weighted by Crippen LogP contribution is -2.10. The summed E-state index contributed by atoms with van der Waals surface area (Å²) < 4.78 is 13.5. The minimum absolute atomic E-state index is 0.831. The van der Waals surface area contributed by atoms with E-state index in [0.29, 0.717) is 0 Å². The summed E-state index contributed by atoms with van der Waals surface area (Å²) in [6.45, 7) is 0. The Morgan fingerprint density at radius 2 is 0.821 bits per heavy atom. The summed E-state index contributed by atoms with van der Waals surface area (Å²) in [5, 5.41) is 7.16. The summed E-state index contributed by atoms with van der Waals surface area (Å²) >= 11 is 0. The van der Waals surface area contributed by atoms with Crippen molar-refractivity contribution in [2.75, 3.05) is 19.1 Å². The van der Waals surface area contributed by atoms with Gasteiger partial charge in [-0.2, -0.15) is 0 Å². The highest BCUT2D eigenvalue weighted by atomic mass is 16.5. The molecule has 0 fully saturated rings. The van der Waals surface area contributed by atoms with Crippen LogP contribution in [0.1, 0.15) is 0 Å². The molecule has 0 saturated carbocycles. The van der Waals surface area contributed by atoms with E-state index < -0.39 is 0 Å². The van der Waals surface area contributed by atoms with Crippen LogP contribution in [-0.2, 0) is 0 Å². The molecule has 0 amide bonds. The average molecular weight is 723 g/mol. The molecule has 0 atom stereocenters. The number of anilines is 3. The highest BCUT2D eigenvalue weighted by Crippen LogP contribution is 2.47. The summed E-state index contributed by atoms with van der Waals surface area (Å²) in [4.78, 5) is 2.38. The molecule has 10 rings (SSSR count). The molecule has 1 heterocycles. The predicted molar refractivity (Wildman–Crippen MR) is 234 cm³/mol. The minimum Gasteiger partial charge on any atom is -0.497 e. The molecule has 0 radical (unpaired) electrons. The molecule has 0 spiro atoms. The van der Waals surface area contributed by atoms with Gasteiger partial charge in [-0.15, -0.1) is 0 Å². The molecule has 0 N–H and O–H groups in total. The number of para-hydroxylation sites is 3. The third-order valence-electron chi connectivity index (χ3n) is 11.0. The van der Waals surface area contributed by atoms with Gasteiger partial charge in [-0.1, -0.05) is 109 Å². The van der Waals surface area contributed by atoms with Crippen LogP contribution in [0.15, 0.2) is 194 Å². The maximum atomic E-state index is 5.59. The molecular formula is C52H38N2O2. The van der Waals surface area contributed by atoms with Gasteiger partial charge < -0.3 is 18.9 Å². The molecule has 268 valence electrons. The van der Waals surface area contributed by atoms with Gasteiger partial charge in [-0.25, -0.2) is 0 Å². The van der Waals surface area contributed by atoms with Crippen LogP contribution >= 0.6 is 0 Å². The topological polar surface area (TPSA) is 26.6 Å². The van der Waals surface area contributed by atoms with Gasteiger partial charge in [0.05, 0.1) is 25.3 Å². The zero-order chi connectivity index (χ0) is 37.6. The second-order valence-electron chi connectivity index (χ2n) is 14.0. The zero-order valence-corrected chi connectivity index (χ0v) is 31.2. The van der Waals surface area contributed by atoms with E-state index in [0.717, 1.165) is 45.4 Å². The van der Waals surface area contributed by atoms with E-state index >= 15 is 0 Å². The fourth-order valence-corrected chi connectivity index (χ4v) is 8.42. The Labute approximate surface area is 326 Å². The molecule has 0 aliphatic carbocycles. The van der Waals surface area contributed by atoms with Crippen LogP contribution in [0.3, 0.4) is 0 Å². The van der Waals surface area contributed by atoms with Crippen LogP contribution in [0.4, 0.5) is 17.1 Å². The molecule has 56 heavy (non-hydrogen) atoms. The molecule has 4 heteroatoms. The van der Waals surface area contributed by atoms with Crippen LogP contribution in [0.5, 0.6) is 11.5 Å². The fourth-order valence-electron chi connectivity index (χ4n) is 8.42. The fraction of sp³-hybridized carbons (Fsp3) is 0.0385. The lowest BCUT2D eigenvalue weighted by molar-refractivity contribution is 0.415. The average Bonchev–Trinajstić information content (AvgIpc) is 3.60. The number of methoxy groups -OCH3 is 2. The van der Waals surface area contributed by atoms with E-state index in [2.05, 4.69) is 191 Å². The van der Waals surface area contributed by atoms with E-state index in [1.165, 1.54) is 54.5 Å². The normalized spacial score (nSPS) is 11.4. The Balaban J connectivity index is 1.25. The van der Waals surface area contributed by atoms with Gasteiger partial charge in [-0.05, 0) is 129 Å². The molecule has 0 bridgehead atoms. The molecule has 0 aliphatic rings. The largest absolute Gasteiger partial charge is 0.497 e. The van der Waals surface area contributed by atoms with Crippen LogP contribution in [0.25, 0.3) is 71.3 Å². The van der Waals surface area contributed by atoms with Gasteiger partial charge in [0.1, 0.15) is 11.5 Å². The minimum atomic E-state index is 0.831. The van der Waals surface area contributed by atoms with E-state index in [1.54, 1.807) is 14.2 Å². The summed E-state index contributed by atoms with van der Waals surface area (Å²) in [6.07, 6.45) is 0. The van der Waals surface area contributed by atoms with Gasteiger partial charge in [-0.3, -0.25) is 0 Å². The van der Waals surface area contributed by atoms with Crippen LogP contribution in [0.2, 0.25) is 0 Å². The van der Waals surface area contributed by atoms with Crippen molar-refractivity contribution >= 4 is 60.4 Å². The number of rotatable bonds is 8. The maximum absolute atomic E-state index is 5.59. The highest BCUT2D eigenvalue weighted by molar-refractivity contribution is 6.22. The summed E-state index contributed by atoms with van der Waals surface area (Å²) in [5.41, 5.74) is 11.4. The Kier molecular flexibility index (Phi) is 8.23. The van der Waals surface area contributed by atoms with Crippen molar-refractivity contribution in [1.29, 1.82) is 0 Å². The highest BCUT2D eigenvalue weighted by Gasteiger charge is 2.21. The second kappa shape index (κ2) is 13.8.